The number of aryl methyl sites for hydroxylation is 1. The van der Waals surface area contributed by atoms with Crippen LogP contribution in [0.2, 0.25) is 0 Å². The van der Waals surface area contributed by atoms with Gasteiger partial charge in [-0.05, 0) is 23.8 Å². The fourth-order valence-corrected chi connectivity index (χ4v) is 1.90. The van der Waals surface area contributed by atoms with Crippen LogP contribution in [0, 0.1) is 0 Å². The lowest BCUT2D eigenvalue weighted by atomic mass is 10.1. The third-order valence-electron chi connectivity index (χ3n) is 2.77. The van der Waals surface area contributed by atoms with E-state index in [1.807, 2.05) is 25.4 Å². The van der Waals surface area contributed by atoms with E-state index in [0.717, 1.165) is 16.5 Å². The molecule has 5 nitrogen and oxygen atoms in total. The highest BCUT2D eigenvalue weighted by Gasteiger charge is 2.11. The number of carboxylic acids is 1. The lowest BCUT2D eigenvalue weighted by molar-refractivity contribution is 0.0665. The Bertz CT molecular complexity index is 740. The van der Waals surface area contributed by atoms with Gasteiger partial charge in [0, 0.05) is 24.2 Å². The first-order valence-electron chi connectivity index (χ1n) is 5.39. The molecule has 0 saturated carbocycles. The normalized spacial score (nSPS) is 10.9. The average Bonchev–Trinajstić information content (AvgIpc) is 2.93. The minimum Gasteiger partial charge on any atom is -0.475 e. The number of hydrogen-bond acceptors (Lipinski definition) is 3. The van der Waals surface area contributed by atoms with Gasteiger partial charge in [0.15, 0.2) is 0 Å². The van der Waals surface area contributed by atoms with E-state index in [-0.39, 0.29) is 5.76 Å². The van der Waals surface area contributed by atoms with Gasteiger partial charge < -0.3 is 9.52 Å². The number of carboxylic acid groups (broad SMARTS) is 1. The van der Waals surface area contributed by atoms with E-state index in [9.17, 15) is 4.79 Å². The molecule has 0 amide bonds. The SMILES string of the molecule is Cn1cc(-c2ccc3oc(C(=O)O)cc3c2)cn1. The molecule has 0 aliphatic carbocycles. The molecular weight excluding hydrogens is 232 g/mol. The molecule has 5 heteroatoms. The number of nitrogens with zero attached hydrogens (tertiary/aromatic N) is 2. The standard InChI is InChI=1S/C13H10N2O3/c1-15-7-10(6-14-15)8-2-3-11-9(4-8)5-12(18-11)13(16)17/h2-7H,1H3,(H,16,17). The second-order valence-electron chi connectivity index (χ2n) is 4.07. The molecule has 0 unspecified atom stereocenters. The van der Waals surface area contributed by atoms with Crippen LogP contribution in [-0.2, 0) is 7.05 Å². The van der Waals surface area contributed by atoms with Crippen LogP contribution in [0.5, 0.6) is 0 Å². The zero-order chi connectivity index (χ0) is 12.7. The topological polar surface area (TPSA) is 68.3 Å². The molecule has 0 bridgehead atoms. The number of furan rings is 1. The van der Waals surface area contributed by atoms with Crippen molar-refractivity contribution in [2.75, 3.05) is 0 Å². The van der Waals surface area contributed by atoms with Gasteiger partial charge in [0.05, 0.1) is 6.20 Å². The molecule has 90 valence electrons. The number of aromatic carboxylic acids is 1. The van der Waals surface area contributed by atoms with E-state index in [4.69, 9.17) is 9.52 Å². The fourth-order valence-electron chi connectivity index (χ4n) is 1.90. The number of carbonyl (C=O) groups is 1. The summed E-state index contributed by atoms with van der Waals surface area (Å²) in [6.07, 6.45) is 3.67. The first-order valence-corrected chi connectivity index (χ1v) is 5.39. The number of fused-ring (bicyclic) bond motifs is 1. The maximum Gasteiger partial charge on any atom is 0.371 e. The summed E-state index contributed by atoms with van der Waals surface area (Å²) in [5.41, 5.74) is 2.53. The smallest absolute Gasteiger partial charge is 0.371 e. The zero-order valence-electron chi connectivity index (χ0n) is 9.62. The molecule has 0 spiro atoms. The van der Waals surface area contributed by atoms with Gasteiger partial charge in [-0.2, -0.15) is 5.10 Å². The Morgan fingerprint density at radius 2 is 2.17 bits per heavy atom. The van der Waals surface area contributed by atoms with Gasteiger partial charge in [-0.25, -0.2) is 4.79 Å². The van der Waals surface area contributed by atoms with Crippen molar-refractivity contribution in [3.05, 3.63) is 42.4 Å². The Balaban J connectivity index is 2.13. The van der Waals surface area contributed by atoms with E-state index in [1.54, 1.807) is 16.9 Å². The number of hydrogen-bond donors (Lipinski definition) is 1. The van der Waals surface area contributed by atoms with Crippen molar-refractivity contribution in [3.63, 3.8) is 0 Å². The van der Waals surface area contributed by atoms with Crippen LogP contribution in [0.4, 0.5) is 0 Å². The quantitative estimate of drug-likeness (QED) is 0.749. The van der Waals surface area contributed by atoms with Crippen LogP contribution in [0.15, 0.2) is 41.1 Å². The molecule has 1 aromatic carbocycles. The Hall–Kier alpha value is -2.56. The lowest BCUT2D eigenvalue weighted by Gasteiger charge is -1.96. The predicted molar refractivity (Wildman–Crippen MR) is 65.4 cm³/mol. The highest BCUT2D eigenvalue weighted by atomic mass is 16.4. The van der Waals surface area contributed by atoms with Crippen LogP contribution in [0.3, 0.4) is 0 Å². The largest absolute Gasteiger partial charge is 0.475 e. The molecule has 3 aromatic rings. The molecule has 2 aromatic heterocycles. The monoisotopic (exact) mass is 242 g/mol. The molecule has 0 fully saturated rings. The summed E-state index contributed by atoms with van der Waals surface area (Å²) >= 11 is 0. The third-order valence-corrected chi connectivity index (χ3v) is 2.77. The maximum atomic E-state index is 10.8. The van der Waals surface area contributed by atoms with Crippen molar-refractivity contribution >= 4 is 16.9 Å². The van der Waals surface area contributed by atoms with E-state index < -0.39 is 5.97 Å². The van der Waals surface area contributed by atoms with Gasteiger partial charge in [0.25, 0.3) is 0 Å². The van der Waals surface area contributed by atoms with Crippen molar-refractivity contribution in [2.45, 2.75) is 0 Å². The van der Waals surface area contributed by atoms with Gasteiger partial charge in [-0.3, -0.25) is 4.68 Å². The van der Waals surface area contributed by atoms with Crippen LogP contribution in [0.25, 0.3) is 22.1 Å². The highest BCUT2D eigenvalue weighted by Crippen LogP contribution is 2.26. The second-order valence-corrected chi connectivity index (χ2v) is 4.07. The molecule has 2 heterocycles. The molecule has 18 heavy (non-hydrogen) atoms. The Morgan fingerprint density at radius 1 is 1.33 bits per heavy atom. The van der Waals surface area contributed by atoms with Crippen LogP contribution >= 0.6 is 0 Å². The highest BCUT2D eigenvalue weighted by molar-refractivity contribution is 5.92. The summed E-state index contributed by atoms with van der Waals surface area (Å²) in [5, 5.41) is 13.7. The van der Waals surface area contributed by atoms with Crippen LogP contribution < -0.4 is 0 Å². The molecular formula is C13H10N2O3. The van der Waals surface area contributed by atoms with Gasteiger partial charge in [-0.15, -0.1) is 0 Å². The van der Waals surface area contributed by atoms with E-state index >= 15 is 0 Å². The van der Waals surface area contributed by atoms with Crippen molar-refractivity contribution < 1.29 is 14.3 Å². The maximum absolute atomic E-state index is 10.8. The van der Waals surface area contributed by atoms with E-state index in [1.165, 1.54) is 6.07 Å². The minimum absolute atomic E-state index is 0.0478. The number of rotatable bonds is 2. The van der Waals surface area contributed by atoms with E-state index in [2.05, 4.69) is 5.10 Å². The Morgan fingerprint density at radius 3 is 2.83 bits per heavy atom. The second kappa shape index (κ2) is 3.73. The molecule has 3 rings (SSSR count). The van der Waals surface area contributed by atoms with E-state index in [0.29, 0.717) is 5.58 Å². The van der Waals surface area contributed by atoms with Crippen molar-refractivity contribution in [2.24, 2.45) is 7.05 Å². The summed E-state index contributed by atoms with van der Waals surface area (Å²) in [7, 11) is 1.85. The number of benzene rings is 1. The summed E-state index contributed by atoms with van der Waals surface area (Å²) in [5.74, 6) is -1.11. The first-order chi connectivity index (χ1) is 8.63. The Labute approximate surface area is 102 Å². The summed E-state index contributed by atoms with van der Waals surface area (Å²) < 4.78 is 6.92. The third kappa shape index (κ3) is 1.66. The molecule has 0 radical (unpaired) electrons. The molecule has 0 aliphatic heterocycles. The van der Waals surface area contributed by atoms with Crippen molar-refractivity contribution in [1.29, 1.82) is 0 Å². The summed E-state index contributed by atoms with van der Waals surface area (Å²) in [6, 6.07) is 7.07. The lowest BCUT2D eigenvalue weighted by Crippen LogP contribution is -1.91. The molecule has 1 N–H and O–H groups in total. The molecule has 0 atom stereocenters. The van der Waals surface area contributed by atoms with Crippen molar-refractivity contribution in [1.82, 2.24) is 9.78 Å². The van der Waals surface area contributed by atoms with Gasteiger partial charge in [0.1, 0.15) is 5.58 Å². The van der Waals surface area contributed by atoms with Crippen LogP contribution in [0.1, 0.15) is 10.6 Å². The number of aromatic nitrogens is 2. The predicted octanol–water partition coefficient (Wildman–Crippen LogP) is 2.53. The van der Waals surface area contributed by atoms with Gasteiger partial charge in [-0.1, -0.05) is 6.07 Å². The molecule has 0 saturated heterocycles. The van der Waals surface area contributed by atoms with Crippen molar-refractivity contribution in [3.8, 4) is 11.1 Å². The van der Waals surface area contributed by atoms with Crippen LogP contribution in [-0.4, -0.2) is 20.9 Å². The van der Waals surface area contributed by atoms with Gasteiger partial charge >= 0.3 is 5.97 Å². The zero-order valence-corrected chi connectivity index (χ0v) is 9.62. The summed E-state index contributed by atoms with van der Waals surface area (Å²) in [6.45, 7) is 0. The average molecular weight is 242 g/mol. The Kier molecular flexibility index (Phi) is 2.19. The fraction of sp³-hybridized carbons (Fsp3) is 0.0769. The van der Waals surface area contributed by atoms with Gasteiger partial charge in [0.2, 0.25) is 5.76 Å². The minimum atomic E-state index is -1.06. The molecule has 0 aliphatic rings. The first kappa shape index (κ1) is 10.6. The summed E-state index contributed by atoms with van der Waals surface area (Å²) in [4.78, 5) is 10.8.